The lowest BCUT2D eigenvalue weighted by Crippen LogP contribution is -2.23. The Hall–Kier alpha value is -2.14. The fourth-order valence-corrected chi connectivity index (χ4v) is 1.85. The zero-order chi connectivity index (χ0) is 14.5. The highest BCUT2D eigenvalue weighted by Crippen LogP contribution is 2.14. The van der Waals surface area contributed by atoms with Gasteiger partial charge in [0.2, 0.25) is 0 Å². The van der Waals surface area contributed by atoms with Gasteiger partial charge in [-0.15, -0.1) is 0 Å². The summed E-state index contributed by atoms with van der Waals surface area (Å²) in [5.74, 6) is -0.0563. The van der Waals surface area contributed by atoms with Crippen molar-refractivity contribution in [2.75, 3.05) is 12.4 Å². The molecule has 1 aromatic carbocycles. The van der Waals surface area contributed by atoms with Crippen molar-refractivity contribution in [1.29, 1.82) is 0 Å². The summed E-state index contributed by atoms with van der Waals surface area (Å²) in [5, 5.41) is 5.80. The number of hydrogen-bond donors (Lipinski definition) is 2. The smallest absolute Gasteiger partial charge is 0.251 e. The SMILES string of the molecule is CNc1cc(C(=O)NCc2ccc(F)cc2)cc(Cl)n1. The Morgan fingerprint density at radius 2 is 2.00 bits per heavy atom. The topological polar surface area (TPSA) is 54.0 Å². The molecule has 0 unspecified atom stereocenters. The molecule has 0 atom stereocenters. The fourth-order valence-electron chi connectivity index (χ4n) is 1.64. The number of amides is 1. The second kappa shape index (κ2) is 6.34. The van der Waals surface area contributed by atoms with E-state index in [9.17, 15) is 9.18 Å². The van der Waals surface area contributed by atoms with Crippen LogP contribution in [0.2, 0.25) is 5.15 Å². The standard InChI is InChI=1S/C14H13ClFN3O/c1-17-13-7-10(6-12(15)19-13)14(20)18-8-9-2-4-11(16)5-3-9/h2-7H,8H2,1H3,(H,17,19)(H,18,20). The number of aromatic nitrogens is 1. The maximum atomic E-state index is 12.8. The molecule has 0 aliphatic carbocycles. The van der Waals surface area contributed by atoms with Crippen LogP contribution in [-0.4, -0.2) is 17.9 Å². The van der Waals surface area contributed by atoms with E-state index in [0.717, 1.165) is 5.56 Å². The van der Waals surface area contributed by atoms with Crippen LogP contribution in [0.1, 0.15) is 15.9 Å². The van der Waals surface area contributed by atoms with E-state index in [4.69, 9.17) is 11.6 Å². The molecule has 20 heavy (non-hydrogen) atoms. The van der Waals surface area contributed by atoms with E-state index in [0.29, 0.717) is 17.9 Å². The van der Waals surface area contributed by atoms with Gasteiger partial charge in [0.1, 0.15) is 16.8 Å². The first-order chi connectivity index (χ1) is 9.58. The molecule has 0 aliphatic heterocycles. The average Bonchev–Trinajstić information content (AvgIpc) is 2.45. The molecule has 2 N–H and O–H groups in total. The molecule has 0 fully saturated rings. The summed E-state index contributed by atoms with van der Waals surface area (Å²) in [4.78, 5) is 16.0. The van der Waals surface area contributed by atoms with Crippen molar-refractivity contribution < 1.29 is 9.18 Å². The monoisotopic (exact) mass is 293 g/mol. The van der Waals surface area contributed by atoms with Gasteiger partial charge in [0, 0.05) is 19.2 Å². The summed E-state index contributed by atoms with van der Waals surface area (Å²) < 4.78 is 12.8. The molecule has 2 rings (SSSR count). The number of carbonyl (C=O) groups is 1. The van der Waals surface area contributed by atoms with Crippen molar-refractivity contribution >= 4 is 23.3 Å². The third-order valence-electron chi connectivity index (χ3n) is 2.68. The zero-order valence-electron chi connectivity index (χ0n) is 10.8. The minimum absolute atomic E-state index is 0.240. The van der Waals surface area contributed by atoms with Gasteiger partial charge in [0.25, 0.3) is 5.91 Å². The van der Waals surface area contributed by atoms with Crippen LogP contribution >= 0.6 is 11.6 Å². The Morgan fingerprint density at radius 1 is 1.30 bits per heavy atom. The summed E-state index contributed by atoms with van der Waals surface area (Å²) >= 11 is 5.83. The van der Waals surface area contributed by atoms with Crippen LogP contribution in [-0.2, 0) is 6.54 Å². The molecule has 1 heterocycles. The summed E-state index contributed by atoms with van der Waals surface area (Å²) in [5.41, 5.74) is 1.23. The van der Waals surface area contributed by atoms with Crippen molar-refractivity contribution in [1.82, 2.24) is 10.3 Å². The normalized spacial score (nSPS) is 10.2. The van der Waals surface area contributed by atoms with Gasteiger partial charge in [-0.2, -0.15) is 0 Å². The molecule has 0 radical (unpaired) electrons. The van der Waals surface area contributed by atoms with E-state index < -0.39 is 0 Å². The van der Waals surface area contributed by atoms with Gasteiger partial charge in [-0.25, -0.2) is 9.37 Å². The molecule has 6 heteroatoms. The number of pyridine rings is 1. The number of benzene rings is 1. The number of nitrogens with one attached hydrogen (secondary N) is 2. The van der Waals surface area contributed by atoms with E-state index in [2.05, 4.69) is 15.6 Å². The third kappa shape index (κ3) is 3.68. The second-order valence-electron chi connectivity index (χ2n) is 4.12. The molecular formula is C14H13ClFN3O. The summed E-state index contributed by atoms with van der Waals surface area (Å²) in [6.07, 6.45) is 0. The van der Waals surface area contributed by atoms with Gasteiger partial charge in [0.15, 0.2) is 0 Å². The zero-order valence-corrected chi connectivity index (χ0v) is 11.5. The van der Waals surface area contributed by atoms with Crippen LogP contribution in [0.4, 0.5) is 10.2 Å². The van der Waals surface area contributed by atoms with E-state index in [-0.39, 0.29) is 16.9 Å². The van der Waals surface area contributed by atoms with E-state index in [1.807, 2.05) is 0 Å². The lowest BCUT2D eigenvalue weighted by atomic mass is 10.2. The van der Waals surface area contributed by atoms with Crippen molar-refractivity contribution in [3.8, 4) is 0 Å². The number of anilines is 1. The molecule has 104 valence electrons. The largest absolute Gasteiger partial charge is 0.373 e. The number of rotatable bonds is 4. The minimum atomic E-state index is -0.306. The summed E-state index contributed by atoms with van der Waals surface area (Å²) in [6, 6.07) is 9.03. The maximum absolute atomic E-state index is 12.8. The first-order valence-electron chi connectivity index (χ1n) is 5.96. The van der Waals surface area contributed by atoms with Crippen LogP contribution in [0.15, 0.2) is 36.4 Å². The van der Waals surface area contributed by atoms with Crippen LogP contribution in [0, 0.1) is 5.82 Å². The predicted molar refractivity (Wildman–Crippen MR) is 76.4 cm³/mol. The predicted octanol–water partition coefficient (Wildman–Crippen LogP) is 2.85. The van der Waals surface area contributed by atoms with Gasteiger partial charge in [0.05, 0.1) is 0 Å². The lowest BCUT2D eigenvalue weighted by molar-refractivity contribution is 0.0951. The Labute approximate surface area is 121 Å². The molecule has 1 aromatic heterocycles. The van der Waals surface area contributed by atoms with Crippen LogP contribution in [0.25, 0.3) is 0 Å². The minimum Gasteiger partial charge on any atom is -0.373 e. The fraction of sp³-hybridized carbons (Fsp3) is 0.143. The molecular weight excluding hydrogens is 281 g/mol. The van der Waals surface area contributed by atoms with Gasteiger partial charge >= 0.3 is 0 Å². The van der Waals surface area contributed by atoms with Gasteiger partial charge in [-0.05, 0) is 29.8 Å². The van der Waals surface area contributed by atoms with E-state index in [1.54, 1.807) is 25.2 Å². The molecule has 0 aliphatic rings. The van der Waals surface area contributed by atoms with Gasteiger partial charge in [-0.1, -0.05) is 23.7 Å². The van der Waals surface area contributed by atoms with Crippen LogP contribution in [0.5, 0.6) is 0 Å². The Balaban J connectivity index is 2.04. The molecule has 4 nitrogen and oxygen atoms in total. The molecule has 2 aromatic rings. The van der Waals surface area contributed by atoms with Crippen molar-refractivity contribution in [2.45, 2.75) is 6.54 Å². The Bertz CT molecular complexity index is 616. The van der Waals surface area contributed by atoms with Crippen LogP contribution < -0.4 is 10.6 Å². The molecule has 1 amide bonds. The van der Waals surface area contributed by atoms with Gasteiger partial charge in [-0.3, -0.25) is 4.79 Å². The summed E-state index contributed by atoms with van der Waals surface area (Å²) in [7, 11) is 1.69. The molecule has 0 saturated carbocycles. The maximum Gasteiger partial charge on any atom is 0.251 e. The van der Waals surface area contributed by atoms with Gasteiger partial charge < -0.3 is 10.6 Å². The first-order valence-corrected chi connectivity index (χ1v) is 6.34. The molecule has 0 saturated heterocycles. The van der Waals surface area contributed by atoms with Crippen molar-refractivity contribution in [3.05, 3.63) is 58.5 Å². The quantitative estimate of drug-likeness (QED) is 0.852. The highest BCUT2D eigenvalue weighted by molar-refractivity contribution is 6.29. The van der Waals surface area contributed by atoms with E-state index >= 15 is 0 Å². The Kier molecular flexibility index (Phi) is 4.53. The number of hydrogen-bond acceptors (Lipinski definition) is 3. The Morgan fingerprint density at radius 3 is 2.65 bits per heavy atom. The molecule has 0 spiro atoms. The van der Waals surface area contributed by atoms with Crippen molar-refractivity contribution in [2.24, 2.45) is 0 Å². The second-order valence-corrected chi connectivity index (χ2v) is 4.51. The third-order valence-corrected chi connectivity index (χ3v) is 2.87. The highest BCUT2D eigenvalue weighted by atomic mass is 35.5. The number of carbonyl (C=O) groups excluding carboxylic acids is 1. The average molecular weight is 294 g/mol. The van der Waals surface area contributed by atoms with Crippen LogP contribution in [0.3, 0.4) is 0 Å². The molecule has 0 bridgehead atoms. The number of nitrogens with zero attached hydrogens (tertiary/aromatic N) is 1. The number of halogens is 2. The lowest BCUT2D eigenvalue weighted by Gasteiger charge is -2.07. The van der Waals surface area contributed by atoms with Crippen molar-refractivity contribution in [3.63, 3.8) is 0 Å². The van der Waals surface area contributed by atoms with E-state index in [1.165, 1.54) is 18.2 Å². The highest BCUT2D eigenvalue weighted by Gasteiger charge is 2.08. The first kappa shape index (κ1) is 14.3. The summed E-state index contributed by atoms with van der Waals surface area (Å²) in [6.45, 7) is 0.313.